The van der Waals surface area contributed by atoms with Gasteiger partial charge >= 0.3 is 17.9 Å². The van der Waals surface area contributed by atoms with Crippen molar-refractivity contribution in [3.05, 3.63) is 83.7 Å². The predicted molar refractivity (Wildman–Crippen MR) is 135 cm³/mol. The smallest absolute Gasteiger partial charge is 0.340 e. The Morgan fingerprint density at radius 1 is 1.05 bits per heavy atom. The largest absolute Gasteiger partial charge is 0.481 e. The Hall–Kier alpha value is -5.37. The molecule has 0 fully saturated rings. The molecule has 0 saturated carbocycles. The number of para-hydroxylation sites is 1. The number of anilines is 2. The summed E-state index contributed by atoms with van der Waals surface area (Å²) in [5, 5.41) is 36.0. The van der Waals surface area contributed by atoms with E-state index in [1.165, 1.54) is 16.9 Å². The van der Waals surface area contributed by atoms with Gasteiger partial charge in [0.25, 0.3) is 0 Å². The van der Waals surface area contributed by atoms with E-state index in [4.69, 9.17) is 9.47 Å². The number of aliphatic carboxylic acids is 2. The van der Waals surface area contributed by atoms with Crippen LogP contribution in [0.2, 0.25) is 0 Å². The van der Waals surface area contributed by atoms with E-state index in [-0.39, 0.29) is 34.5 Å². The zero-order valence-electron chi connectivity index (χ0n) is 20.1. The molecule has 2 aromatic heterocycles. The number of rotatable bonds is 10. The van der Waals surface area contributed by atoms with Gasteiger partial charge in [-0.2, -0.15) is 10.4 Å². The lowest BCUT2D eigenvalue weighted by Gasteiger charge is -2.14. The number of carboxylic acid groups (broad SMARTS) is 2. The number of carbonyl (C=O) groups excluding carboxylic acids is 1. The van der Waals surface area contributed by atoms with E-state index in [1.807, 2.05) is 36.4 Å². The third-order valence-electron chi connectivity index (χ3n) is 5.63. The predicted octanol–water partition coefficient (Wildman–Crippen LogP) is 4.25. The molecule has 4 rings (SSSR count). The molecule has 0 bridgehead atoms. The Kier molecular flexibility index (Phi) is 7.53. The lowest BCUT2D eigenvalue weighted by Crippen LogP contribution is -2.26. The van der Waals surface area contributed by atoms with Gasteiger partial charge in [-0.15, -0.1) is 0 Å². The highest BCUT2D eigenvalue weighted by atomic mass is 16.5. The first-order valence-electron chi connectivity index (χ1n) is 11.5. The molecule has 0 spiro atoms. The van der Waals surface area contributed by atoms with Crippen molar-refractivity contribution in [1.82, 2.24) is 9.61 Å². The molecule has 11 heteroatoms. The maximum absolute atomic E-state index is 12.7. The van der Waals surface area contributed by atoms with Crippen LogP contribution in [0.5, 0.6) is 11.5 Å². The van der Waals surface area contributed by atoms with Gasteiger partial charge in [0.1, 0.15) is 17.6 Å². The molecular formula is C27H22N4O7. The van der Waals surface area contributed by atoms with Crippen LogP contribution in [0.4, 0.5) is 11.4 Å². The lowest BCUT2D eigenvalue weighted by molar-refractivity contribution is -0.154. The van der Waals surface area contributed by atoms with E-state index in [0.29, 0.717) is 17.2 Å². The number of aromatic nitrogens is 2. The van der Waals surface area contributed by atoms with Crippen molar-refractivity contribution in [1.29, 1.82) is 5.26 Å². The molecule has 0 saturated heterocycles. The second-order valence-electron chi connectivity index (χ2n) is 8.08. The van der Waals surface area contributed by atoms with Crippen molar-refractivity contribution in [3.63, 3.8) is 0 Å². The van der Waals surface area contributed by atoms with Crippen molar-refractivity contribution in [3.8, 4) is 17.6 Å². The van der Waals surface area contributed by atoms with Crippen LogP contribution in [-0.4, -0.2) is 44.3 Å². The highest BCUT2D eigenvalue weighted by molar-refractivity contribution is 5.99. The minimum Gasteiger partial charge on any atom is -0.481 e. The van der Waals surface area contributed by atoms with E-state index in [1.54, 1.807) is 31.2 Å². The van der Waals surface area contributed by atoms with Gasteiger partial charge in [0, 0.05) is 11.9 Å². The van der Waals surface area contributed by atoms with Gasteiger partial charge in [-0.3, -0.25) is 9.59 Å². The molecular weight excluding hydrogens is 492 g/mol. The van der Waals surface area contributed by atoms with Gasteiger partial charge in [-0.1, -0.05) is 18.2 Å². The molecule has 2 aromatic carbocycles. The van der Waals surface area contributed by atoms with E-state index in [2.05, 4.69) is 10.4 Å². The molecule has 0 aliphatic carbocycles. The van der Waals surface area contributed by atoms with Gasteiger partial charge < -0.3 is 25.0 Å². The van der Waals surface area contributed by atoms with Gasteiger partial charge in [0.2, 0.25) is 0 Å². The van der Waals surface area contributed by atoms with E-state index >= 15 is 0 Å². The molecule has 0 aliphatic rings. The van der Waals surface area contributed by atoms with Crippen molar-refractivity contribution < 1.29 is 34.1 Å². The van der Waals surface area contributed by atoms with E-state index < -0.39 is 30.2 Å². The summed E-state index contributed by atoms with van der Waals surface area (Å²) in [5.74, 6) is -4.52. The number of nitrogens with one attached hydrogen (secondary N) is 1. The monoisotopic (exact) mass is 514 g/mol. The van der Waals surface area contributed by atoms with Gasteiger partial charge in [0.15, 0.2) is 5.92 Å². The summed E-state index contributed by atoms with van der Waals surface area (Å²) in [7, 11) is 0. The van der Waals surface area contributed by atoms with Crippen molar-refractivity contribution in [2.75, 3.05) is 11.9 Å². The molecule has 0 aliphatic heterocycles. The minimum atomic E-state index is -1.85. The third-order valence-corrected chi connectivity index (χ3v) is 5.63. The van der Waals surface area contributed by atoms with Crippen LogP contribution in [0, 0.1) is 17.2 Å². The Morgan fingerprint density at radius 3 is 2.32 bits per heavy atom. The average molecular weight is 514 g/mol. The first-order chi connectivity index (χ1) is 18.3. The number of hydrogen-bond acceptors (Lipinski definition) is 8. The Balaban J connectivity index is 1.79. The lowest BCUT2D eigenvalue weighted by atomic mass is 9.96. The van der Waals surface area contributed by atoms with Crippen molar-refractivity contribution >= 4 is 34.8 Å². The number of benzene rings is 2. The summed E-state index contributed by atoms with van der Waals surface area (Å²) in [6, 6.07) is 18.1. The maximum atomic E-state index is 12.7. The molecule has 0 atom stereocenters. The van der Waals surface area contributed by atoms with Gasteiger partial charge in [0.05, 0.1) is 35.1 Å². The Morgan fingerprint density at radius 2 is 1.71 bits per heavy atom. The van der Waals surface area contributed by atoms with Crippen LogP contribution in [0.3, 0.4) is 0 Å². The van der Waals surface area contributed by atoms with Gasteiger partial charge in [-0.25, -0.2) is 9.31 Å². The highest BCUT2D eigenvalue weighted by Gasteiger charge is 2.32. The second kappa shape index (κ2) is 11.1. The van der Waals surface area contributed by atoms with Crippen LogP contribution in [-0.2, 0) is 20.7 Å². The standard InChI is InChI=1S/C27H22N4O7/c1-2-37-27(36)22-15-31-24(20(22)12-21(25(32)33)26(34)35)23(16(13-28)14-29-31)30-17-8-10-19(11-9-17)38-18-6-4-3-5-7-18/h3-11,14-15,21,30H,2,12H2,1H3,(H,32,33)(H,34,35). The molecule has 0 unspecified atom stereocenters. The molecule has 38 heavy (non-hydrogen) atoms. The minimum absolute atomic E-state index is 0.0448. The quantitative estimate of drug-likeness (QED) is 0.206. The zero-order valence-corrected chi connectivity index (χ0v) is 20.1. The molecule has 0 radical (unpaired) electrons. The molecule has 4 aromatic rings. The fourth-order valence-corrected chi connectivity index (χ4v) is 3.86. The Bertz CT molecular complexity index is 1530. The number of nitrogens with zero attached hydrogens (tertiary/aromatic N) is 3. The number of esters is 1. The molecule has 2 heterocycles. The maximum Gasteiger partial charge on any atom is 0.340 e. The first kappa shape index (κ1) is 25.7. The van der Waals surface area contributed by atoms with Crippen LogP contribution < -0.4 is 10.1 Å². The van der Waals surface area contributed by atoms with Crippen LogP contribution >= 0.6 is 0 Å². The summed E-state index contributed by atoms with van der Waals surface area (Å²) < 4.78 is 12.2. The van der Waals surface area contributed by atoms with E-state index in [0.717, 1.165) is 0 Å². The second-order valence-corrected chi connectivity index (χ2v) is 8.08. The number of nitriles is 1. The molecule has 3 N–H and O–H groups in total. The summed E-state index contributed by atoms with van der Waals surface area (Å²) in [5.41, 5.74) is 1.08. The summed E-state index contributed by atoms with van der Waals surface area (Å²) in [4.78, 5) is 36.1. The Labute approximate surface area is 216 Å². The first-order valence-corrected chi connectivity index (χ1v) is 11.5. The SMILES string of the molecule is CCOC(=O)c1cn2ncc(C#N)c(Nc3ccc(Oc4ccccc4)cc3)c2c1CC(C(=O)O)C(=O)O. The average Bonchev–Trinajstić information content (AvgIpc) is 3.28. The van der Waals surface area contributed by atoms with Crippen LogP contribution in [0.15, 0.2) is 67.0 Å². The van der Waals surface area contributed by atoms with E-state index in [9.17, 15) is 29.9 Å². The topological polar surface area (TPSA) is 163 Å². The number of carbonyl (C=O) groups is 3. The molecule has 11 nitrogen and oxygen atoms in total. The van der Waals surface area contributed by atoms with Gasteiger partial charge in [-0.05, 0) is 55.3 Å². The number of fused-ring (bicyclic) bond motifs is 1. The molecule has 0 amide bonds. The zero-order chi connectivity index (χ0) is 27.2. The van der Waals surface area contributed by atoms with Crippen molar-refractivity contribution in [2.45, 2.75) is 13.3 Å². The fourth-order valence-electron chi connectivity index (χ4n) is 3.86. The summed E-state index contributed by atoms with van der Waals surface area (Å²) in [6.07, 6.45) is 2.07. The normalized spacial score (nSPS) is 10.7. The fraction of sp³-hybridized carbons (Fsp3) is 0.148. The van der Waals surface area contributed by atoms with Crippen LogP contribution in [0.1, 0.15) is 28.4 Å². The summed E-state index contributed by atoms with van der Waals surface area (Å²) in [6.45, 7) is 1.65. The number of carboxylic acids is 2. The number of ether oxygens (including phenoxy) is 2. The number of hydrogen-bond donors (Lipinski definition) is 3. The summed E-state index contributed by atoms with van der Waals surface area (Å²) >= 11 is 0. The molecule has 192 valence electrons. The van der Waals surface area contributed by atoms with Crippen molar-refractivity contribution in [2.24, 2.45) is 5.92 Å². The van der Waals surface area contributed by atoms with Crippen LogP contribution in [0.25, 0.3) is 5.52 Å². The highest BCUT2D eigenvalue weighted by Crippen LogP contribution is 2.33. The third kappa shape index (κ3) is 5.39.